The van der Waals surface area contributed by atoms with Crippen molar-refractivity contribution in [3.05, 3.63) is 82.4 Å². The average molecular weight is 621 g/mol. The van der Waals surface area contributed by atoms with Crippen LogP contribution >= 0.6 is 11.6 Å². The number of nitrogens with zero attached hydrogens (tertiary/aromatic N) is 2. The highest BCUT2D eigenvalue weighted by Gasteiger charge is 2.23. The quantitative estimate of drug-likeness (QED) is 0.119. The number of anilines is 2. The van der Waals surface area contributed by atoms with E-state index >= 15 is 0 Å². The van der Waals surface area contributed by atoms with Crippen molar-refractivity contribution in [3.63, 3.8) is 0 Å². The molecule has 1 aromatic heterocycles. The van der Waals surface area contributed by atoms with E-state index in [0.29, 0.717) is 17.3 Å². The predicted molar refractivity (Wildman–Crippen MR) is 156 cm³/mol. The van der Waals surface area contributed by atoms with E-state index in [4.69, 9.17) is 21.7 Å². The van der Waals surface area contributed by atoms with E-state index in [1.165, 1.54) is 23.9 Å². The number of nitrogens with one attached hydrogen (secondary N) is 4. The zero-order valence-electron chi connectivity index (χ0n) is 22.4. The molecular weight excluding hydrogens is 594 g/mol. The van der Waals surface area contributed by atoms with Crippen molar-refractivity contribution in [2.45, 2.75) is 18.9 Å². The Morgan fingerprint density at radius 2 is 1.79 bits per heavy atom. The molecule has 0 fully saturated rings. The van der Waals surface area contributed by atoms with Crippen LogP contribution < -0.4 is 20.1 Å². The maximum Gasteiger partial charge on any atom is 0.405 e. The Morgan fingerprint density at radius 1 is 1.12 bits per heavy atom. The summed E-state index contributed by atoms with van der Waals surface area (Å²) in [5.74, 6) is -1.63. The molecule has 0 bridgehead atoms. The fraction of sp³-hybridized carbons (Fsp3) is 0.222. The van der Waals surface area contributed by atoms with Gasteiger partial charge in [0.25, 0.3) is 0 Å². The molecular formula is C27H27ClF2N6O5S. The summed E-state index contributed by atoms with van der Waals surface area (Å²) < 4.78 is 62.3. The molecule has 3 aromatic carbocycles. The monoisotopic (exact) mass is 620 g/mol. The van der Waals surface area contributed by atoms with Crippen LogP contribution in [0.4, 0.5) is 25.1 Å². The lowest BCUT2D eigenvalue weighted by Gasteiger charge is -2.20. The Bertz CT molecular complexity index is 1730. The lowest BCUT2D eigenvalue weighted by molar-refractivity contribution is 0.192. The van der Waals surface area contributed by atoms with Gasteiger partial charge >= 0.3 is 6.09 Å². The number of carbonyl (C=O) groups is 1. The highest BCUT2D eigenvalue weighted by atomic mass is 35.5. The molecule has 0 radical (unpaired) electrons. The number of aryl methyl sites for hydroxylation is 2. The minimum Gasteiger partial charge on any atom is -0.497 e. The third kappa shape index (κ3) is 7.44. The number of amidine groups is 1. The first-order chi connectivity index (χ1) is 19.8. The van der Waals surface area contributed by atoms with E-state index in [1.54, 1.807) is 31.3 Å². The SMILES string of the molecule is COc1ccc(CCS(=O)(=O)Nc2nn(C)c3c(NC(=N)C(Cc4cc(F)cc(F)c4)NC(=O)O)ccc(Cl)c23)cc1. The van der Waals surface area contributed by atoms with Gasteiger partial charge in [-0.1, -0.05) is 23.7 Å². The average Bonchev–Trinajstić information content (AvgIpc) is 3.24. The van der Waals surface area contributed by atoms with E-state index in [-0.39, 0.29) is 51.9 Å². The first-order valence-electron chi connectivity index (χ1n) is 12.4. The molecule has 4 rings (SSSR count). The van der Waals surface area contributed by atoms with Crippen LogP contribution in [0, 0.1) is 17.0 Å². The van der Waals surface area contributed by atoms with Gasteiger partial charge in [0, 0.05) is 19.5 Å². The van der Waals surface area contributed by atoms with E-state index < -0.39 is 33.8 Å². The molecule has 1 amide bonds. The summed E-state index contributed by atoms with van der Waals surface area (Å²) in [7, 11) is -0.778. The number of ether oxygens (including phenoxy) is 1. The fourth-order valence-corrected chi connectivity index (χ4v) is 5.65. The molecule has 4 aromatic rings. The van der Waals surface area contributed by atoms with Crippen LogP contribution in [0.3, 0.4) is 0 Å². The molecule has 222 valence electrons. The van der Waals surface area contributed by atoms with Gasteiger partial charge in [-0.2, -0.15) is 5.10 Å². The smallest absolute Gasteiger partial charge is 0.405 e. The molecule has 11 nitrogen and oxygen atoms in total. The Labute approximate surface area is 245 Å². The molecule has 1 unspecified atom stereocenters. The highest BCUT2D eigenvalue weighted by Crippen LogP contribution is 2.35. The van der Waals surface area contributed by atoms with Crippen molar-refractivity contribution in [1.82, 2.24) is 15.1 Å². The van der Waals surface area contributed by atoms with E-state index in [9.17, 15) is 27.1 Å². The van der Waals surface area contributed by atoms with Gasteiger partial charge < -0.3 is 20.5 Å². The largest absolute Gasteiger partial charge is 0.497 e. The third-order valence-corrected chi connectivity index (χ3v) is 7.85. The number of benzene rings is 3. The van der Waals surface area contributed by atoms with Crippen molar-refractivity contribution in [1.29, 1.82) is 5.41 Å². The number of fused-ring (bicyclic) bond motifs is 1. The van der Waals surface area contributed by atoms with Crippen LogP contribution in [0.1, 0.15) is 11.1 Å². The van der Waals surface area contributed by atoms with Crippen molar-refractivity contribution < 1.29 is 31.8 Å². The van der Waals surface area contributed by atoms with Gasteiger partial charge in [-0.05, 0) is 53.9 Å². The third-order valence-electron chi connectivity index (χ3n) is 6.29. The lowest BCUT2D eigenvalue weighted by Crippen LogP contribution is -2.44. The Balaban J connectivity index is 1.57. The van der Waals surface area contributed by atoms with Gasteiger partial charge in [0.1, 0.15) is 23.2 Å². The van der Waals surface area contributed by atoms with E-state index in [0.717, 1.165) is 17.7 Å². The molecule has 0 saturated heterocycles. The summed E-state index contributed by atoms with van der Waals surface area (Å²) in [6.07, 6.45) is -1.44. The first kappa shape index (κ1) is 30.5. The topological polar surface area (TPSA) is 158 Å². The molecule has 0 aliphatic carbocycles. The molecule has 1 heterocycles. The maximum atomic E-state index is 13.7. The summed E-state index contributed by atoms with van der Waals surface area (Å²) in [5, 5.41) is 27.5. The maximum absolute atomic E-state index is 13.7. The second kappa shape index (κ2) is 12.6. The van der Waals surface area contributed by atoms with Crippen molar-refractivity contribution in [3.8, 4) is 5.75 Å². The molecule has 1 atom stereocenters. The summed E-state index contributed by atoms with van der Waals surface area (Å²) in [4.78, 5) is 11.4. The van der Waals surface area contributed by atoms with Crippen molar-refractivity contribution in [2.75, 3.05) is 22.9 Å². The molecule has 0 saturated carbocycles. The highest BCUT2D eigenvalue weighted by molar-refractivity contribution is 7.92. The van der Waals surface area contributed by atoms with Crippen LogP contribution in [-0.2, 0) is 29.9 Å². The lowest BCUT2D eigenvalue weighted by atomic mass is 10.0. The first-order valence-corrected chi connectivity index (χ1v) is 14.5. The Hall–Kier alpha value is -4.43. The predicted octanol–water partition coefficient (Wildman–Crippen LogP) is 4.77. The summed E-state index contributed by atoms with van der Waals surface area (Å²) in [6, 6.07) is 11.6. The van der Waals surface area contributed by atoms with Crippen LogP contribution in [0.15, 0.2) is 54.6 Å². The van der Waals surface area contributed by atoms with Gasteiger partial charge in [-0.15, -0.1) is 0 Å². The Morgan fingerprint density at radius 3 is 2.40 bits per heavy atom. The number of aromatic nitrogens is 2. The molecule has 42 heavy (non-hydrogen) atoms. The number of halogens is 3. The van der Waals surface area contributed by atoms with Crippen molar-refractivity contribution >= 4 is 56.0 Å². The number of rotatable bonds is 11. The molecule has 15 heteroatoms. The van der Waals surface area contributed by atoms with Crippen LogP contribution in [0.5, 0.6) is 5.75 Å². The van der Waals surface area contributed by atoms with Crippen molar-refractivity contribution in [2.24, 2.45) is 7.05 Å². The normalized spacial score (nSPS) is 12.1. The van der Waals surface area contributed by atoms with Crippen LogP contribution in [0.2, 0.25) is 5.02 Å². The van der Waals surface area contributed by atoms with Gasteiger partial charge in [0.05, 0.1) is 40.5 Å². The zero-order chi connectivity index (χ0) is 30.6. The minimum atomic E-state index is -3.86. The van der Waals surface area contributed by atoms with Gasteiger partial charge in [0.15, 0.2) is 5.82 Å². The standard InChI is InChI=1S/C27H27ClF2N6O5S/c1-36-24-21(32-25(31)22(33-27(37)38)13-16-11-17(29)14-18(30)12-16)8-7-20(28)23(24)26(34-36)35-42(39,40)10-9-15-3-5-19(41-2)6-4-15/h3-8,11-12,14,22,33H,9-10,13H2,1-2H3,(H2,31,32)(H,34,35)(H,37,38). The summed E-state index contributed by atoms with van der Waals surface area (Å²) >= 11 is 6.44. The Kier molecular flexibility index (Phi) is 9.17. The van der Waals surface area contributed by atoms with Gasteiger partial charge in [0.2, 0.25) is 10.0 Å². The number of hydrogen-bond donors (Lipinski definition) is 5. The molecule has 0 aliphatic rings. The minimum absolute atomic E-state index is 0.0298. The van der Waals surface area contributed by atoms with E-state index in [1.807, 2.05) is 0 Å². The number of sulfonamides is 1. The molecule has 5 N–H and O–H groups in total. The summed E-state index contributed by atoms with van der Waals surface area (Å²) in [5.41, 5.74) is 1.51. The second-order valence-corrected chi connectivity index (χ2v) is 11.6. The van der Waals surface area contributed by atoms with E-state index in [2.05, 4.69) is 20.5 Å². The number of carboxylic acid groups (broad SMARTS) is 1. The fourth-order valence-electron chi connectivity index (χ4n) is 4.36. The second-order valence-electron chi connectivity index (χ2n) is 9.33. The molecule has 0 aliphatic heterocycles. The zero-order valence-corrected chi connectivity index (χ0v) is 24.0. The van der Waals surface area contributed by atoms with Gasteiger partial charge in [-0.25, -0.2) is 22.0 Å². The van der Waals surface area contributed by atoms with Crippen LogP contribution in [0.25, 0.3) is 10.9 Å². The number of hydrogen-bond acceptors (Lipinski definition) is 6. The summed E-state index contributed by atoms with van der Waals surface area (Å²) in [6.45, 7) is 0. The molecule has 0 spiro atoms. The number of methoxy groups -OCH3 is 1. The van der Waals surface area contributed by atoms with Crippen LogP contribution in [-0.4, -0.2) is 54.1 Å². The van der Waals surface area contributed by atoms with Gasteiger partial charge in [-0.3, -0.25) is 14.8 Å². The number of amides is 1.